The van der Waals surface area contributed by atoms with Crippen LogP contribution in [0.3, 0.4) is 0 Å². The lowest BCUT2D eigenvalue weighted by molar-refractivity contribution is -0.135. The lowest BCUT2D eigenvalue weighted by atomic mass is 9.99. The van der Waals surface area contributed by atoms with Gasteiger partial charge in [0.25, 0.3) is 5.91 Å². The minimum Gasteiger partial charge on any atom is -0.442 e. The highest BCUT2D eigenvalue weighted by molar-refractivity contribution is 5.92. The largest absolute Gasteiger partial charge is 0.442 e. The summed E-state index contributed by atoms with van der Waals surface area (Å²) >= 11 is 0. The highest BCUT2D eigenvalue weighted by Gasteiger charge is 2.30. The van der Waals surface area contributed by atoms with Gasteiger partial charge in [-0.05, 0) is 40.2 Å². The lowest BCUT2D eigenvalue weighted by Crippen LogP contribution is -2.50. The summed E-state index contributed by atoms with van der Waals surface area (Å²) in [4.78, 5) is 23.5. The fraction of sp³-hybridized carbons (Fsp3) is 0.818. The summed E-state index contributed by atoms with van der Waals surface area (Å²) in [6, 6.07) is 0. The van der Waals surface area contributed by atoms with E-state index in [1.807, 2.05) is 0 Å². The summed E-state index contributed by atoms with van der Waals surface area (Å²) in [7, 11) is 0. The number of carbonyl (C=O) groups excluding carboxylic acids is 2. The van der Waals surface area contributed by atoms with Crippen molar-refractivity contribution in [2.24, 2.45) is 11.8 Å². The van der Waals surface area contributed by atoms with E-state index in [-0.39, 0.29) is 11.8 Å². The van der Waals surface area contributed by atoms with Gasteiger partial charge in [-0.3, -0.25) is 4.79 Å². The predicted molar refractivity (Wildman–Crippen MR) is 62.9 cm³/mol. The summed E-state index contributed by atoms with van der Waals surface area (Å²) in [5.74, 6) is 4.86. The maximum Gasteiger partial charge on any atom is 0.431 e. The second kappa shape index (κ2) is 5.46. The van der Waals surface area contributed by atoms with E-state index >= 15 is 0 Å². The van der Waals surface area contributed by atoms with Gasteiger partial charge < -0.3 is 10.1 Å². The minimum absolute atomic E-state index is 0.235. The smallest absolute Gasteiger partial charge is 0.431 e. The lowest BCUT2D eigenvalue weighted by Gasteiger charge is -2.27. The van der Waals surface area contributed by atoms with Crippen LogP contribution in [0.5, 0.6) is 0 Å². The number of hydrazine groups is 1. The molecule has 0 saturated carbocycles. The molecule has 2 amide bonds. The molecule has 6 heteroatoms. The fourth-order valence-corrected chi connectivity index (χ4v) is 1.66. The van der Waals surface area contributed by atoms with Crippen molar-refractivity contribution in [3.05, 3.63) is 0 Å². The van der Waals surface area contributed by atoms with Crippen LogP contribution in [0.25, 0.3) is 0 Å². The number of nitrogens with zero attached hydrogens (tertiary/aromatic N) is 1. The van der Waals surface area contributed by atoms with Crippen molar-refractivity contribution in [2.45, 2.75) is 39.2 Å². The monoisotopic (exact) mass is 243 g/mol. The van der Waals surface area contributed by atoms with E-state index in [0.29, 0.717) is 11.6 Å². The number of rotatable bonds is 1. The molecule has 0 spiro atoms. The zero-order chi connectivity index (χ0) is 13.1. The van der Waals surface area contributed by atoms with E-state index in [9.17, 15) is 9.59 Å². The molecule has 0 radical (unpaired) electrons. The molecule has 0 aromatic heterocycles. The number of imide groups is 1. The maximum absolute atomic E-state index is 11.9. The van der Waals surface area contributed by atoms with Crippen LogP contribution in [-0.4, -0.2) is 35.7 Å². The Balaban J connectivity index is 2.53. The number of piperidine rings is 1. The molecule has 0 aliphatic carbocycles. The average Bonchev–Trinajstić information content (AvgIpc) is 2.26. The Bertz CT molecular complexity index is 293. The molecule has 98 valence electrons. The molecule has 3 N–H and O–H groups in total. The van der Waals surface area contributed by atoms with Gasteiger partial charge in [-0.25, -0.2) is 10.6 Å². The van der Waals surface area contributed by atoms with Crippen molar-refractivity contribution in [1.29, 1.82) is 0 Å². The molecule has 0 bridgehead atoms. The van der Waals surface area contributed by atoms with Crippen molar-refractivity contribution in [3.63, 3.8) is 0 Å². The molecule has 1 atom stereocenters. The molecule has 0 aromatic rings. The van der Waals surface area contributed by atoms with E-state index in [0.717, 1.165) is 19.4 Å². The number of amides is 2. The summed E-state index contributed by atoms with van der Waals surface area (Å²) in [5, 5.41) is 3.69. The normalized spacial score (nSPS) is 20.8. The standard InChI is InChI=1S/C11H21N3O3/c1-11(2,3)17-10(16)14(12)9(15)8-5-4-6-13-7-8/h8,13H,4-7,12H2,1-3H3/t8-/m0/s1. The van der Waals surface area contributed by atoms with Crippen molar-refractivity contribution in [2.75, 3.05) is 13.1 Å². The Labute approximate surface area is 101 Å². The quantitative estimate of drug-likeness (QED) is 0.401. The van der Waals surface area contributed by atoms with Crippen LogP contribution in [-0.2, 0) is 9.53 Å². The highest BCUT2D eigenvalue weighted by atomic mass is 16.6. The Kier molecular flexibility index (Phi) is 4.47. The first-order chi connectivity index (χ1) is 7.81. The molecule has 1 fully saturated rings. The molecule has 1 rings (SSSR count). The van der Waals surface area contributed by atoms with Crippen molar-refractivity contribution in [1.82, 2.24) is 10.3 Å². The predicted octanol–water partition coefficient (Wildman–Crippen LogP) is 0.623. The highest BCUT2D eigenvalue weighted by Crippen LogP contribution is 2.14. The minimum atomic E-state index is -0.798. The van der Waals surface area contributed by atoms with Gasteiger partial charge in [0.05, 0.1) is 5.92 Å². The van der Waals surface area contributed by atoms with Gasteiger partial charge in [-0.1, -0.05) is 0 Å². The SMILES string of the molecule is CC(C)(C)OC(=O)N(N)C(=O)[C@H]1CCCNC1. The van der Waals surface area contributed by atoms with Gasteiger partial charge >= 0.3 is 6.09 Å². The first-order valence-corrected chi connectivity index (χ1v) is 5.83. The van der Waals surface area contributed by atoms with E-state index in [1.54, 1.807) is 20.8 Å². The second-order valence-electron chi connectivity index (χ2n) is 5.23. The molecular formula is C11H21N3O3. The van der Waals surface area contributed by atoms with Crippen LogP contribution in [0.1, 0.15) is 33.6 Å². The van der Waals surface area contributed by atoms with Crippen LogP contribution in [0.2, 0.25) is 0 Å². The molecule has 6 nitrogen and oxygen atoms in total. The average molecular weight is 243 g/mol. The van der Waals surface area contributed by atoms with E-state index < -0.39 is 11.7 Å². The first-order valence-electron chi connectivity index (χ1n) is 5.83. The number of nitrogens with two attached hydrogens (primary N) is 1. The molecule has 0 unspecified atom stereocenters. The summed E-state index contributed by atoms with van der Waals surface area (Å²) in [6.07, 6.45) is 0.869. The van der Waals surface area contributed by atoms with Crippen LogP contribution >= 0.6 is 0 Å². The van der Waals surface area contributed by atoms with E-state index in [2.05, 4.69) is 5.32 Å². The van der Waals surface area contributed by atoms with Crippen molar-refractivity contribution < 1.29 is 14.3 Å². The van der Waals surface area contributed by atoms with E-state index in [4.69, 9.17) is 10.6 Å². The number of nitrogens with one attached hydrogen (secondary N) is 1. The Morgan fingerprint density at radius 1 is 1.41 bits per heavy atom. The van der Waals surface area contributed by atoms with Gasteiger partial charge in [0.15, 0.2) is 0 Å². The zero-order valence-corrected chi connectivity index (χ0v) is 10.7. The Morgan fingerprint density at radius 3 is 2.53 bits per heavy atom. The Morgan fingerprint density at radius 2 is 2.06 bits per heavy atom. The fourth-order valence-electron chi connectivity index (χ4n) is 1.66. The van der Waals surface area contributed by atoms with Crippen LogP contribution in [0.4, 0.5) is 4.79 Å². The van der Waals surface area contributed by atoms with Crippen LogP contribution in [0.15, 0.2) is 0 Å². The Hall–Kier alpha value is -1.14. The summed E-state index contributed by atoms with van der Waals surface area (Å²) in [5.41, 5.74) is -0.653. The number of hydrogen-bond donors (Lipinski definition) is 2. The third kappa shape index (κ3) is 4.32. The molecule has 1 saturated heterocycles. The van der Waals surface area contributed by atoms with Gasteiger partial charge in [-0.2, -0.15) is 5.01 Å². The molecule has 1 aliphatic heterocycles. The number of ether oxygens (including phenoxy) is 1. The molecule has 0 aromatic carbocycles. The van der Waals surface area contributed by atoms with E-state index in [1.165, 1.54) is 0 Å². The number of hydrogen-bond acceptors (Lipinski definition) is 5. The molecule has 1 heterocycles. The maximum atomic E-state index is 11.9. The molecular weight excluding hydrogens is 222 g/mol. The topological polar surface area (TPSA) is 84.7 Å². The van der Waals surface area contributed by atoms with Gasteiger partial charge in [0.1, 0.15) is 5.60 Å². The van der Waals surface area contributed by atoms with Crippen molar-refractivity contribution >= 4 is 12.0 Å². The van der Waals surface area contributed by atoms with Gasteiger partial charge in [0.2, 0.25) is 0 Å². The third-order valence-electron chi connectivity index (χ3n) is 2.47. The van der Waals surface area contributed by atoms with Crippen molar-refractivity contribution in [3.8, 4) is 0 Å². The third-order valence-corrected chi connectivity index (χ3v) is 2.47. The summed E-state index contributed by atoms with van der Waals surface area (Å²) in [6.45, 7) is 6.65. The molecule has 1 aliphatic rings. The zero-order valence-electron chi connectivity index (χ0n) is 10.7. The van der Waals surface area contributed by atoms with Gasteiger partial charge in [-0.15, -0.1) is 0 Å². The second-order valence-corrected chi connectivity index (χ2v) is 5.23. The van der Waals surface area contributed by atoms with Crippen LogP contribution < -0.4 is 11.2 Å². The number of carbonyl (C=O) groups is 2. The van der Waals surface area contributed by atoms with Crippen LogP contribution in [0, 0.1) is 5.92 Å². The molecule has 17 heavy (non-hydrogen) atoms. The first kappa shape index (κ1) is 13.9. The summed E-state index contributed by atoms with van der Waals surface area (Å²) < 4.78 is 5.03. The van der Waals surface area contributed by atoms with Gasteiger partial charge in [0, 0.05) is 6.54 Å².